The molecular formula is C18H16ClF3N4OS. The van der Waals surface area contributed by atoms with E-state index >= 15 is 0 Å². The number of pyridine rings is 1. The molecule has 10 heteroatoms. The maximum atomic E-state index is 13.0. The van der Waals surface area contributed by atoms with E-state index in [-0.39, 0.29) is 27.4 Å². The predicted molar refractivity (Wildman–Crippen MR) is 102 cm³/mol. The van der Waals surface area contributed by atoms with Crippen molar-refractivity contribution in [1.29, 1.82) is 0 Å². The van der Waals surface area contributed by atoms with E-state index < -0.39 is 11.7 Å². The SMILES string of the molecule is C=CCn1c(C)cc(C(=O)CSc2nnc3c(Cl)cc(C(F)(F)F)cn23)c1C. The van der Waals surface area contributed by atoms with Crippen LogP contribution in [0.25, 0.3) is 5.65 Å². The number of allylic oxidation sites excluding steroid dienone is 1. The number of carbonyl (C=O) groups excluding carboxylic acids is 1. The van der Waals surface area contributed by atoms with Gasteiger partial charge in [-0.3, -0.25) is 9.20 Å². The number of rotatable bonds is 6. The minimum atomic E-state index is -4.55. The summed E-state index contributed by atoms with van der Waals surface area (Å²) in [5.74, 6) is -0.143. The van der Waals surface area contributed by atoms with Crippen LogP contribution < -0.4 is 0 Å². The average Bonchev–Trinajstić information content (AvgIpc) is 3.15. The van der Waals surface area contributed by atoms with Gasteiger partial charge < -0.3 is 4.57 Å². The number of fused-ring (bicyclic) bond motifs is 1. The summed E-state index contributed by atoms with van der Waals surface area (Å²) in [6.45, 7) is 8.03. The Kier molecular flexibility index (Phi) is 5.58. The summed E-state index contributed by atoms with van der Waals surface area (Å²) in [6, 6.07) is 2.60. The second kappa shape index (κ2) is 7.63. The Balaban J connectivity index is 1.86. The van der Waals surface area contributed by atoms with Crippen LogP contribution in [0.3, 0.4) is 0 Å². The Labute approximate surface area is 168 Å². The van der Waals surface area contributed by atoms with Gasteiger partial charge >= 0.3 is 6.18 Å². The fraction of sp³-hybridized carbons (Fsp3) is 0.278. The van der Waals surface area contributed by atoms with Gasteiger partial charge in [-0.25, -0.2) is 0 Å². The van der Waals surface area contributed by atoms with Crippen molar-refractivity contribution in [3.63, 3.8) is 0 Å². The first-order chi connectivity index (χ1) is 13.1. The molecule has 3 heterocycles. The molecule has 0 spiro atoms. The van der Waals surface area contributed by atoms with Crippen LogP contribution in [0, 0.1) is 13.8 Å². The molecule has 0 aromatic carbocycles. The van der Waals surface area contributed by atoms with Crippen molar-refractivity contribution in [3.05, 3.63) is 58.5 Å². The normalized spacial score (nSPS) is 11.9. The Morgan fingerprint density at radius 3 is 2.68 bits per heavy atom. The van der Waals surface area contributed by atoms with Crippen molar-refractivity contribution >= 4 is 34.8 Å². The highest BCUT2D eigenvalue weighted by Crippen LogP contribution is 2.33. The predicted octanol–water partition coefficient (Wildman–Crippen LogP) is 4.98. The Bertz CT molecular complexity index is 1070. The molecule has 0 saturated heterocycles. The number of halogens is 4. The standard InChI is InChI=1S/C18H16ClF3N4OS/c1-4-5-25-10(2)6-13(11(25)3)15(27)9-28-17-24-23-16-14(19)7-12(8-26(16)17)18(20,21)22/h4,6-8H,1,5,9H2,2-3H3. The number of carbonyl (C=O) groups is 1. The number of nitrogens with zero attached hydrogens (tertiary/aromatic N) is 4. The summed E-state index contributed by atoms with van der Waals surface area (Å²) < 4.78 is 42.2. The van der Waals surface area contributed by atoms with Crippen LogP contribution in [0.5, 0.6) is 0 Å². The summed E-state index contributed by atoms with van der Waals surface area (Å²) in [5, 5.41) is 7.70. The molecule has 0 aliphatic carbocycles. The molecule has 28 heavy (non-hydrogen) atoms. The molecule has 5 nitrogen and oxygen atoms in total. The van der Waals surface area contributed by atoms with Gasteiger partial charge in [-0.15, -0.1) is 16.8 Å². The molecule has 3 aromatic rings. The highest BCUT2D eigenvalue weighted by atomic mass is 35.5. The first-order valence-corrected chi connectivity index (χ1v) is 9.55. The molecule has 0 aliphatic heterocycles. The van der Waals surface area contributed by atoms with Gasteiger partial charge in [0.2, 0.25) is 0 Å². The van der Waals surface area contributed by atoms with Gasteiger partial charge in [-0.2, -0.15) is 13.2 Å². The zero-order valence-corrected chi connectivity index (χ0v) is 16.6. The van der Waals surface area contributed by atoms with E-state index in [1.165, 1.54) is 0 Å². The van der Waals surface area contributed by atoms with Gasteiger partial charge in [0.15, 0.2) is 16.6 Å². The number of aromatic nitrogens is 4. The topological polar surface area (TPSA) is 52.2 Å². The fourth-order valence-corrected chi connectivity index (χ4v) is 3.93. The highest BCUT2D eigenvalue weighted by molar-refractivity contribution is 7.99. The van der Waals surface area contributed by atoms with E-state index in [2.05, 4.69) is 16.8 Å². The molecule has 0 N–H and O–H groups in total. The van der Waals surface area contributed by atoms with Crippen molar-refractivity contribution in [2.24, 2.45) is 0 Å². The van der Waals surface area contributed by atoms with Crippen LogP contribution in [-0.4, -0.2) is 30.7 Å². The third-order valence-electron chi connectivity index (χ3n) is 4.27. The van der Waals surface area contributed by atoms with Crippen LogP contribution in [-0.2, 0) is 12.7 Å². The van der Waals surface area contributed by atoms with Crippen molar-refractivity contribution in [1.82, 2.24) is 19.2 Å². The van der Waals surface area contributed by atoms with Gasteiger partial charge in [0.05, 0.1) is 16.3 Å². The summed E-state index contributed by atoms with van der Waals surface area (Å²) >= 11 is 6.91. The molecule has 3 aromatic heterocycles. The van der Waals surface area contributed by atoms with Gasteiger partial charge in [-0.05, 0) is 26.0 Å². The number of Topliss-reactive ketones (excluding diaryl/α,β-unsaturated/α-hetero) is 1. The highest BCUT2D eigenvalue weighted by Gasteiger charge is 2.32. The van der Waals surface area contributed by atoms with E-state index in [9.17, 15) is 18.0 Å². The first kappa shape index (κ1) is 20.5. The summed E-state index contributed by atoms with van der Waals surface area (Å²) in [6.07, 6.45) is -1.93. The Morgan fingerprint density at radius 1 is 1.32 bits per heavy atom. The minimum absolute atomic E-state index is 0.00698. The zero-order valence-electron chi connectivity index (χ0n) is 15.0. The number of aryl methyl sites for hydroxylation is 1. The molecule has 0 amide bonds. The number of hydrogen-bond donors (Lipinski definition) is 0. The first-order valence-electron chi connectivity index (χ1n) is 8.18. The smallest absolute Gasteiger partial charge is 0.345 e. The quantitative estimate of drug-likeness (QED) is 0.315. The third-order valence-corrected chi connectivity index (χ3v) is 5.50. The van der Waals surface area contributed by atoms with Crippen molar-refractivity contribution in [2.45, 2.75) is 31.7 Å². The fourth-order valence-electron chi connectivity index (χ4n) is 2.89. The van der Waals surface area contributed by atoms with Crippen molar-refractivity contribution in [2.75, 3.05) is 5.75 Å². The Hall–Kier alpha value is -2.26. The number of hydrogen-bond acceptors (Lipinski definition) is 4. The van der Waals surface area contributed by atoms with Crippen LogP contribution in [0.1, 0.15) is 27.3 Å². The third kappa shape index (κ3) is 3.81. The van der Waals surface area contributed by atoms with E-state index in [0.29, 0.717) is 12.1 Å². The average molecular weight is 429 g/mol. The lowest BCUT2D eigenvalue weighted by molar-refractivity contribution is -0.137. The second-order valence-electron chi connectivity index (χ2n) is 6.15. The van der Waals surface area contributed by atoms with Crippen LogP contribution >= 0.6 is 23.4 Å². The lowest BCUT2D eigenvalue weighted by atomic mass is 10.2. The van der Waals surface area contributed by atoms with Crippen molar-refractivity contribution < 1.29 is 18.0 Å². The zero-order chi connectivity index (χ0) is 20.6. The molecule has 3 rings (SSSR count). The summed E-state index contributed by atoms with van der Waals surface area (Å²) in [7, 11) is 0. The van der Waals surface area contributed by atoms with E-state index in [1.54, 1.807) is 12.1 Å². The number of ketones is 1. The molecule has 0 radical (unpaired) electrons. The summed E-state index contributed by atoms with van der Waals surface area (Å²) in [4.78, 5) is 12.6. The maximum absolute atomic E-state index is 13.0. The molecular weight excluding hydrogens is 413 g/mol. The minimum Gasteiger partial charge on any atom is -0.345 e. The molecule has 0 atom stereocenters. The van der Waals surface area contributed by atoms with Gasteiger partial charge in [0, 0.05) is 29.7 Å². The molecule has 148 valence electrons. The van der Waals surface area contributed by atoms with Crippen LogP contribution in [0.4, 0.5) is 13.2 Å². The van der Waals surface area contributed by atoms with Gasteiger partial charge in [0.1, 0.15) is 0 Å². The lowest BCUT2D eigenvalue weighted by Gasteiger charge is -2.08. The molecule has 0 bridgehead atoms. The van der Waals surface area contributed by atoms with E-state index in [1.807, 2.05) is 18.4 Å². The maximum Gasteiger partial charge on any atom is 0.417 e. The van der Waals surface area contributed by atoms with E-state index in [0.717, 1.165) is 39.8 Å². The lowest BCUT2D eigenvalue weighted by Crippen LogP contribution is -2.08. The van der Waals surface area contributed by atoms with Crippen LogP contribution in [0.15, 0.2) is 36.1 Å². The monoisotopic (exact) mass is 428 g/mol. The molecule has 0 saturated carbocycles. The Morgan fingerprint density at radius 2 is 2.04 bits per heavy atom. The number of thioether (sulfide) groups is 1. The van der Waals surface area contributed by atoms with Gasteiger partial charge in [-0.1, -0.05) is 29.4 Å². The van der Waals surface area contributed by atoms with Gasteiger partial charge in [0.25, 0.3) is 0 Å². The van der Waals surface area contributed by atoms with Crippen LogP contribution in [0.2, 0.25) is 5.02 Å². The molecule has 0 aliphatic rings. The van der Waals surface area contributed by atoms with E-state index in [4.69, 9.17) is 11.6 Å². The second-order valence-corrected chi connectivity index (χ2v) is 7.50. The molecule has 0 fully saturated rings. The molecule has 0 unspecified atom stereocenters. The number of alkyl halides is 3. The van der Waals surface area contributed by atoms with Crippen molar-refractivity contribution in [3.8, 4) is 0 Å². The largest absolute Gasteiger partial charge is 0.417 e. The summed E-state index contributed by atoms with van der Waals surface area (Å²) in [5.41, 5.74) is 1.51.